The van der Waals surface area contributed by atoms with Crippen molar-refractivity contribution in [1.82, 2.24) is 10.2 Å². The van der Waals surface area contributed by atoms with Crippen LogP contribution in [0.4, 0.5) is 10.1 Å². The largest absolute Gasteiger partial charge is 0.490 e. The molecule has 2 aliphatic rings. The van der Waals surface area contributed by atoms with E-state index in [0.29, 0.717) is 37.9 Å². The topological polar surface area (TPSA) is 75.2 Å². The number of amides is 1. The van der Waals surface area contributed by atoms with Crippen molar-refractivity contribution < 1.29 is 18.7 Å². The average molecular weight is 568 g/mol. The van der Waals surface area contributed by atoms with Gasteiger partial charge in [0.05, 0.1) is 13.2 Å². The molecule has 2 aromatic rings. The van der Waals surface area contributed by atoms with E-state index in [1.807, 2.05) is 29.2 Å². The lowest BCUT2D eigenvalue weighted by Gasteiger charge is -2.16. The molecule has 4 rings (SSSR count). The number of aliphatic imine (C=N–C) groups is 1. The summed E-state index contributed by atoms with van der Waals surface area (Å²) in [6.07, 6.45) is 3.55. The quantitative estimate of drug-likeness (QED) is 0.315. The van der Waals surface area contributed by atoms with Crippen molar-refractivity contribution in [2.75, 3.05) is 44.7 Å². The number of hydrogen-bond acceptors (Lipinski definition) is 4. The molecule has 0 bridgehead atoms. The third kappa shape index (κ3) is 7.48. The summed E-state index contributed by atoms with van der Waals surface area (Å²) in [5.41, 5.74) is 1.67. The van der Waals surface area contributed by atoms with Gasteiger partial charge in [0.25, 0.3) is 0 Å². The first-order chi connectivity index (χ1) is 15.7. The first-order valence-corrected chi connectivity index (χ1v) is 11.1. The van der Waals surface area contributed by atoms with Crippen LogP contribution in [0.25, 0.3) is 0 Å². The molecule has 33 heavy (non-hydrogen) atoms. The lowest BCUT2D eigenvalue weighted by atomic mass is 10.1. The van der Waals surface area contributed by atoms with Gasteiger partial charge in [0.2, 0.25) is 5.91 Å². The zero-order valence-electron chi connectivity index (χ0n) is 18.5. The summed E-state index contributed by atoms with van der Waals surface area (Å²) in [4.78, 5) is 18.8. The van der Waals surface area contributed by atoms with E-state index >= 15 is 0 Å². The minimum absolute atomic E-state index is 0. The Balaban J connectivity index is 0.00000306. The van der Waals surface area contributed by atoms with E-state index in [0.717, 1.165) is 49.4 Å². The third-order valence-corrected chi connectivity index (χ3v) is 5.44. The van der Waals surface area contributed by atoms with Crippen molar-refractivity contribution in [2.45, 2.75) is 25.7 Å². The molecule has 2 N–H and O–H groups in total. The number of fused-ring (bicyclic) bond motifs is 1. The van der Waals surface area contributed by atoms with E-state index < -0.39 is 0 Å². The fourth-order valence-electron chi connectivity index (χ4n) is 3.75. The van der Waals surface area contributed by atoms with Crippen LogP contribution < -0.4 is 20.1 Å². The highest BCUT2D eigenvalue weighted by atomic mass is 127. The van der Waals surface area contributed by atoms with E-state index in [9.17, 15) is 9.18 Å². The Bertz CT molecular complexity index is 966. The van der Waals surface area contributed by atoms with E-state index in [-0.39, 0.29) is 42.2 Å². The molecular weight excluding hydrogens is 538 g/mol. The number of halogens is 2. The van der Waals surface area contributed by atoms with E-state index in [1.54, 1.807) is 6.07 Å². The van der Waals surface area contributed by atoms with Gasteiger partial charge in [-0.25, -0.2) is 9.38 Å². The van der Waals surface area contributed by atoms with Crippen LogP contribution in [0.1, 0.15) is 24.8 Å². The van der Waals surface area contributed by atoms with Gasteiger partial charge < -0.3 is 25.0 Å². The molecule has 0 radical (unpaired) electrons. The third-order valence-electron chi connectivity index (χ3n) is 5.44. The van der Waals surface area contributed by atoms with Crippen molar-refractivity contribution in [3.63, 3.8) is 0 Å². The molecule has 0 atom stereocenters. The van der Waals surface area contributed by atoms with Crippen molar-refractivity contribution in [1.29, 1.82) is 0 Å². The summed E-state index contributed by atoms with van der Waals surface area (Å²) in [6.45, 7) is 3.44. The Kier molecular flexibility index (Phi) is 9.59. The van der Waals surface area contributed by atoms with Crippen LogP contribution in [0.5, 0.6) is 11.5 Å². The van der Waals surface area contributed by atoms with Gasteiger partial charge in [-0.2, -0.15) is 0 Å². The van der Waals surface area contributed by atoms with Gasteiger partial charge >= 0.3 is 0 Å². The second-order valence-corrected chi connectivity index (χ2v) is 7.90. The number of anilines is 1. The molecule has 1 amide bonds. The SMILES string of the molecule is I.O=C(CN=C(NCCc1cccc(F)c1)Nc1ccc2c(c1)OCCCO2)N1CCCC1. The summed E-state index contributed by atoms with van der Waals surface area (Å²) >= 11 is 0. The second kappa shape index (κ2) is 12.6. The van der Waals surface area contributed by atoms with Crippen LogP contribution in [0.15, 0.2) is 47.5 Å². The molecule has 0 spiro atoms. The number of rotatable bonds is 6. The van der Waals surface area contributed by atoms with E-state index in [4.69, 9.17) is 9.47 Å². The number of nitrogens with zero attached hydrogens (tertiary/aromatic N) is 2. The molecule has 7 nitrogen and oxygen atoms in total. The molecule has 9 heteroatoms. The number of ether oxygens (including phenoxy) is 2. The molecule has 2 aromatic carbocycles. The van der Waals surface area contributed by atoms with Crippen LogP contribution >= 0.6 is 24.0 Å². The van der Waals surface area contributed by atoms with Gasteiger partial charge in [-0.3, -0.25) is 4.79 Å². The van der Waals surface area contributed by atoms with Crippen LogP contribution in [-0.4, -0.2) is 56.2 Å². The summed E-state index contributed by atoms with van der Waals surface area (Å²) < 4.78 is 24.9. The molecule has 178 valence electrons. The van der Waals surface area contributed by atoms with Gasteiger partial charge in [-0.1, -0.05) is 12.1 Å². The maximum absolute atomic E-state index is 13.4. The number of carbonyl (C=O) groups excluding carboxylic acids is 1. The zero-order valence-corrected chi connectivity index (χ0v) is 20.8. The monoisotopic (exact) mass is 568 g/mol. The number of hydrogen-bond donors (Lipinski definition) is 2. The molecule has 0 aliphatic carbocycles. The molecule has 0 unspecified atom stereocenters. The van der Waals surface area contributed by atoms with E-state index in [1.165, 1.54) is 12.1 Å². The summed E-state index contributed by atoms with van der Waals surface area (Å²) in [7, 11) is 0. The molecule has 0 saturated carbocycles. The number of nitrogens with one attached hydrogen (secondary N) is 2. The highest BCUT2D eigenvalue weighted by molar-refractivity contribution is 14.0. The van der Waals surface area contributed by atoms with Crippen LogP contribution in [0, 0.1) is 5.82 Å². The Morgan fingerprint density at radius 2 is 1.82 bits per heavy atom. The first-order valence-electron chi connectivity index (χ1n) is 11.1. The summed E-state index contributed by atoms with van der Waals surface area (Å²) in [6, 6.07) is 12.2. The molecule has 2 aliphatic heterocycles. The average Bonchev–Trinajstić information content (AvgIpc) is 3.23. The highest BCUT2D eigenvalue weighted by Crippen LogP contribution is 2.32. The smallest absolute Gasteiger partial charge is 0.244 e. The minimum atomic E-state index is -0.252. The maximum Gasteiger partial charge on any atom is 0.244 e. The summed E-state index contributed by atoms with van der Waals surface area (Å²) in [5, 5.41) is 6.50. The lowest BCUT2D eigenvalue weighted by Crippen LogP contribution is -2.35. The Hall–Kier alpha value is -2.56. The lowest BCUT2D eigenvalue weighted by molar-refractivity contribution is -0.128. The minimum Gasteiger partial charge on any atom is -0.490 e. The molecular formula is C24H30FIN4O3. The maximum atomic E-state index is 13.4. The second-order valence-electron chi connectivity index (χ2n) is 7.90. The number of guanidine groups is 1. The van der Waals surface area contributed by atoms with Gasteiger partial charge in [-0.05, 0) is 49.1 Å². The Labute approximate surface area is 210 Å². The van der Waals surface area contributed by atoms with Crippen molar-refractivity contribution >= 4 is 41.5 Å². The van der Waals surface area contributed by atoms with E-state index in [2.05, 4.69) is 15.6 Å². The zero-order chi connectivity index (χ0) is 22.2. The van der Waals surface area contributed by atoms with Gasteiger partial charge in [0.15, 0.2) is 17.5 Å². The fraction of sp³-hybridized carbons (Fsp3) is 0.417. The first kappa shape index (κ1) is 25.1. The number of benzene rings is 2. The fourth-order valence-corrected chi connectivity index (χ4v) is 3.75. The van der Waals surface area contributed by atoms with Crippen molar-refractivity contribution in [3.05, 3.63) is 53.8 Å². The predicted octanol–water partition coefficient (Wildman–Crippen LogP) is 3.83. The van der Waals surface area contributed by atoms with Crippen LogP contribution in [-0.2, 0) is 11.2 Å². The number of carbonyl (C=O) groups is 1. The van der Waals surface area contributed by atoms with Gasteiger partial charge in [-0.15, -0.1) is 24.0 Å². The molecule has 1 saturated heterocycles. The predicted molar refractivity (Wildman–Crippen MR) is 137 cm³/mol. The highest BCUT2D eigenvalue weighted by Gasteiger charge is 2.17. The van der Waals surface area contributed by atoms with Crippen molar-refractivity contribution in [3.8, 4) is 11.5 Å². The molecule has 1 fully saturated rings. The summed E-state index contributed by atoms with van der Waals surface area (Å²) in [5.74, 6) is 1.66. The standard InChI is InChI=1S/C24H29FN4O3.HI/c25-19-6-3-5-18(15-19)9-10-26-24(27-17-23(30)29-11-1-2-12-29)28-20-7-8-21-22(16-20)32-14-4-13-31-21;/h3,5-8,15-16H,1-2,4,9-14,17H2,(H2,26,27,28);1H. The van der Waals surface area contributed by atoms with Crippen LogP contribution in [0.3, 0.4) is 0 Å². The van der Waals surface area contributed by atoms with Gasteiger partial charge in [0, 0.05) is 37.8 Å². The normalized spacial score (nSPS) is 15.4. The Morgan fingerprint density at radius 1 is 1.03 bits per heavy atom. The number of likely N-dealkylation sites (tertiary alicyclic amines) is 1. The van der Waals surface area contributed by atoms with Crippen molar-refractivity contribution in [2.24, 2.45) is 4.99 Å². The molecule has 2 heterocycles. The van der Waals surface area contributed by atoms with Crippen LogP contribution in [0.2, 0.25) is 0 Å². The Morgan fingerprint density at radius 3 is 2.61 bits per heavy atom. The van der Waals surface area contributed by atoms with Gasteiger partial charge in [0.1, 0.15) is 12.4 Å². The molecule has 0 aromatic heterocycles.